The van der Waals surface area contributed by atoms with E-state index in [1.807, 2.05) is 45.2 Å². The van der Waals surface area contributed by atoms with E-state index >= 15 is 0 Å². The summed E-state index contributed by atoms with van der Waals surface area (Å²) in [5.74, 6) is 2.34. The maximum absolute atomic E-state index is 14.7. The van der Waals surface area contributed by atoms with Gasteiger partial charge in [-0.2, -0.15) is 21.9 Å². The first-order valence-corrected chi connectivity index (χ1v) is 24.9. The number of benzene rings is 4. The molecule has 9 rings (SSSR count). The number of alkyl carbamates (subject to hydrolysis) is 1. The third-order valence-electron chi connectivity index (χ3n) is 13.9. The smallest absolute Gasteiger partial charge is 0.408 e. The first-order chi connectivity index (χ1) is 33.3. The quantitative estimate of drug-likeness (QED) is 0.0374. The highest BCUT2D eigenvalue weighted by Gasteiger charge is 2.57. The van der Waals surface area contributed by atoms with Gasteiger partial charge in [-0.1, -0.05) is 102 Å². The van der Waals surface area contributed by atoms with Gasteiger partial charge in [0, 0.05) is 64.4 Å². The van der Waals surface area contributed by atoms with Crippen molar-refractivity contribution in [2.45, 2.75) is 79.3 Å². The van der Waals surface area contributed by atoms with E-state index < -0.39 is 46.6 Å². The van der Waals surface area contributed by atoms with Gasteiger partial charge in [-0.05, 0) is 67.1 Å². The van der Waals surface area contributed by atoms with Gasteiger partial charge in [-0.3, -0.25) is 9.80 Å². The molecule has 1 N–H and O–H groups in total. The van der Waals surface area contributed by atoms with Gasteiger partial charge < -0.3 is 38.6 Å². The highest BCUT2D eigenvalue weighted by atomic mass is 35.6. The van der Waals surface area contributed by atoms with Gasteiger partial charge in [-0.15, -0.1) is 0 Å². The van der Waals surface area contributed by atoms with Gasteiger partial charge >= 0.3 is 12.1 Å². The Bertz CT molecular complexity index is 2650. The fraction of sp³-hybridized carbons (Fsp3) is 0.431. The molecular weight excluding hydrogens is 967 g/mol. The Morgan fingerprint density at radius 1 is 0.986 bits per heavy atom. The molecular formula is C51H53Cl3N4O10S. The lowest BCUT2D eigenvalue weighted by Crippen LogP contribution is -2.68. The van der Waals surface area contributed by atoms with E-state index in [2.05, 4.69) is 58.1 Å². The van der Waals surface area contributed by atoms with Gasteiger partial charge in [0.25, 0.3) is 0 Å². The van der Waals surface area contributed by atoms with Crippen molar-refractivity contribution < 1.29 is 47.8 Å². The monoisotopic (exact) mass is 1020 g/mol. The van der Waals surface area contributed by atoms with Crippen LogP contribution in [-0.4, -0.2) is 109 Å². The highest BCUT2D eigenvalue weighted by Crippen LogP contribution is 2.58. The number of carbonyl (C=O) groups is 2. The maximum Gasteiger partial charge on any atom is 0.408 e. The van der Waals surface area contributed by atoms with Crippen molar-refractivity contribution in [1.29, 1.82) is 5.26 Å². The van der Waals surface area contributed by atoms with Crippen LogP contribution in [0.15, 0.2) is 67.3 Å². The van der Waals surface area contributed by atoms with Gasteiger partial charge in [-0.25, -0.2) is 9.59 Å². The van der Waals surface area contributed by atoms with Gasteiger partial charge in [0.2, 0.25) is 3.79 Å². The molecule has 364 valence electrons. The largest absolute Gasteiger partial charge is 0.493 e. The van der Waals surface area contributed by atoms with E-state index in [9.17, 15) is 14.9 Å². The minimum absolute atomic E-state index is 0.0162. The third kappa shape index (κ3) is 9.19. The van der Waals surface area contributed by atoms with E-state index in [-0.39, 0.29) is 50.4 Å². The number of thioether (sulfide) groups is 1. The first kappa shape index (κ1) is 49.1. The van der Waals surface area contributed by atoms with Crippen molar-refractivity contribution in [3.8, 4) is 40.2 Å². The summed E-state index contributed by atoms with van der Waals surface area (Å²) in [6.45, 7) is 7.44. The molecule has 0 radical (unpaired) electrons. The number of methoxy groups -OCH3 is 2. The van der Waals surface area contributed by atoms with Crippen molar-refractivity contribution in [2.75, 3.05) is 59.4 Å². The summed E-state index contributed by atoms with van der Waals surface area (Å²) in [6.07, 6.45) is 1.65. The number of esters is 1. The lowest BCUT2D eigenvalue weighted by Gasteiger charge is -2.60. The molecule has 5 aliphatic rings. The highest BCUT2D eigenvalue weighted by molar-refractivity contribution is 7.99. The van der Waals surface area contributed by atoms with Crippen molar-refractivity contribution in [1.82, 2.24) is 15.1 Å². The number of nitrogens with one attached hydrogen (secondary N) is 1. The molecule has 0 saturated carbocycles. The normalized spacial score (nSPS) is 21.5. The lowest BCUT2D eigenvalue weighted by atomic mass is 9.71. The molecule has 4 aromatic rings. The van der Waals surface area contributed by atoms with Gasteiger partial charge in [0.05, 0.1) is 25.3 Å². The van der Waals surface area contributed by atoms with E-state index in [1.54, 1.807) is 20.3 Å². The Hall–Kier alpha value is -4.89. The second kappa shape index (κ2) is 20.4. The van der Waals surface area contributed by atoms with Gasteiger partial charge in [0.1, 0.15) is 44.3 Å². The van der Waals surface area contributed by atoms with E-state index in [0.717, 1.165) is 33.4 Å². The van der Waals surface area contributed by atoms with Crippen LogP contribution in [0, 0.1) is 25.2 Å². The Morgan fingerprint density at radius 3 is 2.38 bits per heavy atom. The predicted molar refractivity (Wildman–Crippen MR) is 263 cm³/mol. The number of carbonyl (C=O) groups excluding carboxylic acids is 2. The van der Waals surface area contributed by atoms with Crippen LogP contribution >= 0.6 is 46.6 Å². The average molecular weight is 1020 g/mol. The number of likely N-dealkylation sites (N-methyl/N-ethyl adjacent to an activating group) is 1. The fourth-order valence-electron chi connectivity index (χ4n) is 11.1. The summed E-state index contributed by atoms with van der Waals surface area (Å²) in [5.41, 5.74) is 10.7. The number of rotatable bonds is 16. The molecule has 2 unspecified atom stereocenters. The topological polar surface area (TPSA) is 150 Å². The Morgan fingerprint density at radius 2 is 1.71 bits per heavy atom. The third-order valence-corrected chi connectivity index (χ3v) is 15.4. The number of ether oxygens (including phenoxy) is 6. The number of alkyl halides is 3. The van der Waals surface area contributed by atoms with E-state index in [1.165, 1.54) is 34.0 Å². The molecule has 6 atom stereocenters. The molecule has 14 nitrogen and oxygen atoms in total. The Kier molecular flexibility index (Phi) is 14.6. The Balaban J connectivity index is 1.09. The summed E-state index contributed by atoms with van der Waals surface area (Å²) < 4.78 is 34.1. The number of hydrogen-bond donors (Lipinski definition) is 1. The summed E-state index contributed by atoms with van der Waals surface area (Å²) in [4.78, 5) is 44.1. The van der Waals surface area contributed by atoms with Crippen LogP contribution in [0.1, 0.15) is 68.1 Å². The van der Waals surface area contributed by atoms with Crippen molar-refractivity contribution >= 4 is 58.6 Å². The van der Waals surface area contributed by atoms with Crippen LogP contribution < -0.4 is 24.4 Å². The molecule has 4 heterocycles. The van der Waals surface area contributed by atoms with Crippen LogP contribution in [-0.2, 0) is 43.3 Å². The van der Waals surface area contributed by atoms with E-state index in [0.29, 0.717) is 47.2 Å². The number of halogens is 3. The molecule has 0 spiro atoms. The van der Waals surface area contributed by atoms with Crippen LogP contribution in [0.25, 0.3) is 11.1 Å². The van der Waals surface area contributed by atoms with Crippen molar-refractivity contribution in [3.05, 3.63) is 117 Å². The zero-order valence-electron chi connectivity index (χ0n) is 38.9. The number of piperazine rings is 1. The summed E-state index contributed by atoms with van der Waals surface area (Å²) in [5, 5.41) is 14.0. The second-order valence-electron chi connectivity index (χ2n) is 17.8. The van der Waals surface area contributed by atoms with E-state index in [4.69, 9.17) is 73.0 Å². The number of nitrogens with zero attached hydrogens (tertiary/aromatic N) is 3. The maximum atomic E-state index is 14.7. The summed E-state index contributed by atoms with van der Waals surface area (Å²) >= 11 is 19.3. The van der Waals surface area contributed by atoms with Crippen LogP contribution in [0.4, 0.5) is 4.79 Å². The molecule has 2 bridgehead atoms. The fourth-order valence-corrected chi connectivity index (χ4v) is 12.4. The van der Waals surface area contributed by atoms with Crippen molar-refractivity contribution in [3.63, 3.8) is 0 Å². The van der Waals surface area contributed by atoms with Gasteiger partial charge in [0.15, 0.2) is 24.0 Å². The molecule has 1 saturated heterocycles. The Labute approximate surface area is 420 Å². The molecule has 1 fully saturated rings. The molecule has 1 amide bonds. The minimum Gasteiger partial charge on any atom is -0.493 e. The first-order valence-electron chi connectivity index (χ1n) is 22.6. The SMILES string of the molecule is C=CCOc1c(C)c2c(c3c1CC1[C@H]4c5c(cc(C)c(OC)c5OCOC)C[C@@H](C(C#N)N1[C@H]3COC(=O)[C@@H](CSCC1c3ccccc3-c3ccccc31)NC(=O)OCC(Cl)(Cl)Cl)N4C)OOC2. The van der Waals surface area contributed by atoms with Crippen LogP contribution in [0.3, 0.4) is 0 Å². The minimum atomic E-state index is -1.88. The number of aryl methyl sites for hydroxylation is 1. The molecule has 4 aliphatic heterocycles. The zero-order chi connectivity index (χ0) is 48.7. The molecule has 4 aromatic carbocycles. The number of nitriles is 1. The average Bonchev–Trinajstić information content (AvgIpc) is 3.95. The number of hydrogen-bond acceptors (Lipinski definition) is 14. The number of amides is 1. The zero-order valence-corrected chi connectivity index (χ0v) is 41.9. The molecule has 18 heteroatoms. The second-order valence-corrected chi connectivity index (χ2v) is 21.3. The molecule has 1 aliphatic carbocycles. The predicted octanol–water partition coefficient (Wildman–Crippen LogP) is 9.01. The van der Waals surface area contributed by atoms with Crippen LogP contribution in [0.5, 0.6) is 23.0 Å². The number of fused-ring (bicyclic) bond motifs is 12. The standard InChI is InChI=1S/C51H53Cl3N4O10S/c1-7-16-63-46-28(3)35-21-67-68-47(35)43-34(46)19-39-44-42-29(17-27(2)45(62-6)48(42)66-26-61-5)18-38(57(44)4)40(20-55)58(39)41(43)22-64-49(59)37(56-50(60)65-25-51(52,53)54)24-69-23-36-32-14-10-8-12-30(32)31-13-9-11-15-33(31)36/h7-15,17,36-41,44H,1,16,18-19,21-26H2,2-6H3,(H,56,60)/t37-,38+,39?,40?,41+,44+/m1/s1. The molecule has 69 heavy (non-hydrogen) atoms. The summed E-state index contributed by atoms with van der Waals surface area (Å²) in [6, 6.07) is 17.7. The van der Waals surface area contributed by atoms with Crippen LogP contribution in [0.2, 0.25) is 0 Å². The summed E-state index contributed by atoms with van der Waals surface area (Å²) in [7, 11) is 5.22. The van der Waals surface area contributed by atoms with Crippen molar-refractivity contribution in [2.24, 2.45) is 0 Å². The molecule has 0 aromatic heterocycles. The lowest BCUT2D eigenvalue weighted by molar-refractivity contribution is -0.196.